The van der Waals surface area contributed by atoms with Crippen LogP contribution in [0.4, 0.5) is 0 Å². The Kier molecular flexibility index (Phi) is 8.16. The van der Waals surface area contributed by atoms with Gasteiger partial charge in [0.05, 0.1) is 13.0 Å². The van der Waals surface area contributed by atoms with Crippen LogP contribution in [0, 0.1) is 5.92 Å². The van der Waals surface area contributed by atoms with Crippen LogP contribution in [0.25, 0.3) is 0 Å². The van der Waals surface area contributed by atoms with E-state index in [1.807, 2.05) is 19.0 Å². The highest BCUT2D eigenvalue weighted by atomic mass is 79.9. The zero-order valence-electron chi connectivity index (χ0n) is 10.7. The van der Waals surface area contributed by atoms with E-state index in [1.54, 1.807) is 6.92 Å². The van der Waals surface area contributed by atoms with E-state index in [4.69, 9.17) is 4.74 Å². The van der Waals surface area contributed by atoms with Crippen molar-refractivity contribution in [1.29, 1.82) is 0 Å². The number of hydrogen-bond acceptors (Lipinski definition) is 5. The first kappa shape index (κ1) is 16.4. The van der Waals surface area contributed by atoms with Gasteiger partial charge in [-0.2, -0.15) is 0 Å². The Balaban J connectivity index is 3.93. The predicted octanol–water partition coefficient (Wildman–Crippen LogP) is 1.05. The number of carbonyl (C=O) groups excluding carboxylic acids is 2. The summed E-state index contributed by atoms with van der Waals surface area (Å²) in [5.74, 6) is -0.996. The number of nitrogens with zero attached hydrogens (tertiary/aromatic N) is 1. The van der Waals surface area contributed by atoms with Crippen LogP contribution in [0.2, 0.25) is 0 Å². The highest BCUT2D eigenvalue weighted by Crippen LogP contribution is 2.15. The quantitative estimate of drug-likeness (QED) is 0.520. The Labute approximate surface area is 111 Å². The van der Waals surface area contributed by atoms with Gasteiger partial charge in [-0.25, -0.2) is 0 Å². The number of alkyl halides is 1. The fraction of sp³-hybridized carbons (Fsp3) is 0.818. The van der Waals surface area contributed by atoms with Crippen molar-refractivity contribution >= 4 is 27.9 Å². The summed E-state index contributed by atoms with van der Waals surface area (Å²) in [5, 5.41) is 0. The number of likely N-dealkylation sites (N-methyl/N-ethyl adjacent to an activating group) is 1. The number of rotatable bonds is 7. The SMILES string of the molecule is COC(=O)C(C)CC(Br)C(=O)OCCN(C)C. The average molecular weight is 310 g/mol. The normalized spacial score (nSPS) is 14.2. The monoisotopic (exact) mass is 309 g/mol. The van der Waals surface area contributed by atoms with E-state index in [0.29, 0.717) is 19.6 Å². The summed E-state index contributed by atoms with van der Waals surface area (Å²) >= 11 is 3.21. The summed E-state index contributed by atoms with van der Waals surface area (Å²) in [6.07, 6.45) is 0.369. The molecular formula is C11H20BrNO4. The van der Waals surface area contributed by atoms with Crippen LogP contribution >= 0.6 is 15.9 Å². The third-order valence-electron chi connectivity index (χ3n) is 2.20. The second-order valence-corrected chi connectivity index (χ2v) is 5.20. The molecule has 0 aromatic carbocycles. The Morgan fingerprint density at radius 2 is 1.88 bits per heavy atom. The van der Waals surface area contributed by atoms with E-state index in [-0.39, 0.29) is 17.9 Å². The summed E-state index contributed by atoms with van der Waals surface area (Å²) in [5.41, 5.74) is 0. The Bertz CT molecular complexity index is 258. The summed E-state index contributed by atoms with van der Waals surface area (Å²) in [6, 6.07) is 0. The van der Waals surface area contributed by atoms with Crippen molar-refractivity contribution in [2.45, 2.75) is 18.2 Å². The molecule has 0 aliphatic rings. The molecular weight excluding hydrogens is 290 g/mol. The molecule has 0 heterocycles. The van der Waals surface area contributed by atoms with E-state index in [1.165, 1.54) is 7.11 Å². The first-order valence-electron chi connectivity index (χ1n) is 5.41. The van der Waals surface area contributed by atoms with E-state index in [2.05, 4.69) is 20.7 Å². The van der Waals surface area contributed by atoms with Crippen molar-refractivity contribution in [3.05, 3.63) is 0 Å². The zero-order valence-corrected chi connectivity index (χ0v) is 12.3. The molecule has 100 valence electrons. The lowest BCUT2D eigenvalue weighted by molar-refractivity contribution is -0.146. The molecule has 0 fully saturated rings. The maximum absolute atomic E-state index is 11.5. The smallest absolute Gasteiger partial charge is 0.319 e. The first-order chi connectivity index (χ1) is 7.88. The molecule has 0 saturated carbocycles. The van der Waals surface area contributed by atoms with Gasteiger partial charge in [-0.05, 0) is 20.5 Å². The molecule has 6 heteroatoms. The molecule has 0 spiro atoms. The predicted molar refractivity (Wildman–Crippen MR) is 68.0 cm³/mol. The molecule has 2 atom stereocenters. The number of halogens is 1. The fourth-order valence-electron chi connectivity index (χ4n) is 1.12. The Hall–Kier alpha value is -0.620. The maximum Gasteiger partial charge on any atom is 0.319 e. The van der Waals surface area contributed by atoms with Gasteiger partial charge < -0.3 is 14.4 Å². The van der Waals surface area contributed by atoms with E-state index >= 15 is 0 Å². The van der Waals surface area contributed by atoms with Gasteiger partial charge in [0, 0.05) is 6.54 Å². The molecule has 0 aliphatic heterocycles. The molecule has 2 unspecified atom stereocenters. The minimum atomic E-state index is -0.473. The van der Waals surface area contributed by atoms with Gasteiger partial charge in [0.15, 0.2) is 0 Å². The van der Waals surface area contributed by atoms with Crippen LogP contribution < -0.4 is 0 Å². The number of carbonyl (C=O) groups is 2. The molecule has 5 nitrogen and oxygen atoms in total. The van der Waals surface area contributed by atoms with Crippen molar-refractivity contribution in [3.63, 3.8) is 0 Å². The van der Waals surface area contributed by atoms with Crippen molar-refractivity contribution in [2.75, 3.05) is 34.4 Å². The molecule has 0 N–H and O–H groups in total. The van der Waals surface area contributed by atoms with Crippen molar-refractivity contribution in [1.82, 2.24) is 4.90 Å². The minimum Gasteiger partial charge on any atom is -0.469 e. The van der Waals surface area contributed by atoms with Crippen molar-refractivity contribution in [2.24, 2.45) is 5.92 Å². The Morgan fingerprint density at radius 1 is 1.29 bits per heavy atom. The molecule has 17 heavy (non-hydrogen) atoms. The second kappa shape index (κ2) is 8.47. The molecule has 0 aromatic rings. The highest BCUT2D eigenvalue weighted by Gasteiger charge is 2.23. The van der Waals surface area contributed by atoms with Crippen LogP contribution in [-0.4, -0.2) is 56.0 Å². The van der Waals surface area contributed by atoms with Crippen molar-refractivity contribution < 1.29 is 19.1 Å². The van der Waals surface area contributed by atoms with Gasteiger partial charge in [-0.3, -0.25) is 9.59 Å². The first-order valence-corrected chi connectivity index (χ1v) is 6.33. The van der Waals surface area contributed by atoms with Gasteiger partial charge in [0.2, 0.25) is 0 Å². The van der Waals surface area contributed by atoms with Crippen LogP contribution in [0.5, 0.6) is 0 Å². The summed E-state index contributed by atoms with van der Waals surface area (Å²) in [4.78, 5) is 24.2. The highest BCUT2D eigenvalue weighted by molar-refractivity contribution is 9.10. The average Bonchev–Trinajstić information content (AvgIpc) is 2.26. The number of hydrogen-bond donors (Lipinski definition) is 0. The molecule has 0 radical (unpaired) electrons. The molecule has 0 rings (SSSR count). The zero-order chi connectivity index (χ0) is 13.4. The van der Waals surface area contributed by atoms with Gasteiger partial charge in [0.25, 0.3) is 0 Å². The third-order valence-corrected chi connectivity index (χ3v) is 2.95. The third kappa shape index (κ3) is 7.33. The number of methoxy groups -OCH3 is 1. The van der Waals surface area contributed by atoms with E-state index in [9.17, 15) is 9.59 Å². The molecule has 0 bridgehead atoms. The number of ether oxygens (including phenoxy) is 2. The van der Waals surface area contributed by atoms with Crippen LogP contribution in [0.1, 0.15) is 13.3 Å². The number of esters is 2. The van der Waals surface area contributed by atoms with Gasteiger partial charge in [0.1, 0.15) is 11.4 Å². The largest absolute Gasteiger partial charge is 0.469 e. The fourth-order valence-corrected chi connectivity index (χ4v) is 1.82. The van der Waals surface area contributed by atoms with Gasteiger partial charge in [-0.1, -0.05) is 22.9 Å². The standard InChI is InChI=1S/C11H20BrNO4/c1-8(10(14)16-4)7-9(12)11(15)17-6-5-13(2)3/h8-9H,5-7H2,1-4H3. The lowest BCUT2D eigenvalue weighted by Crippen LogP contribution is -2.26. The molecule has 0 aromatic heterocycles. The second-order valence-electron chi connectivity index (χ2n) is 4.10. The van der Waals surface area contributed by atoms with Gasteiger partial charge >= 0.3 is 11.9 Å². The van der Waals surface area contributed by atoms with E-state index < -0.39 is 4.83 Å². The van der Waals surface area contributed by atoms with Crippen LogP contribution in [0.3, 0.4) is 0 Å². The minimum absolute atomic E-state index is 0.324. The molecule has 0 amide bonds. The Morgan fingerprint density at radius 3 is 2.35 bits per heavy atom. The molecule has 0 aliphatic carbocycles. The van der Waals surface area contributed by atoms with E-state index in [0.717, 1.165) is 0 Å². The topological polar surface area (TPSA) is 55.8 Å². The lowest BCUT2D eigenvalue weighted by Gasteiger charge is -2.15. The summed E-state index contributed by atoms with van der Waals surface area (Å²) in [7, 11) is 5.13. The maximum atomic E-state index is 11.5. The summed E-state index contributed by atoms with van der Waals surface area (Å²) < 4.78 is 9.64. The molecule has 0 saturated heterocycles. The van der Waals surface area contributed by atoms with Gasteiger partial charge in [-0.15, -0.1) is 0 Å². The van der Waals surface area contributed by atoms with Crippen LogP contribution in [-0.2, 0) is 19.1 Å². The lowest BCUT2D eigenvalue weighted by atomic mass is 10.1. The van der Waals surface area contributed by atoms with Crippen LogP contribution in [0.15, 0.2) is 0 Å². The van der Waals surface area contributed by atoms with Crippen molar-refractivity contribution in [3.8, 4) is 0 Å². The summed E-state index contributed by atoms with van der Waals surface area (Å²) in [6.45, 7) is 2.74.